The zero-order chi connectivity index (χ0) is 95.1. The molecule has 698 valence electrons. The van der Waals surface area contributed by atoms with Crippen LogP contribution in [0.15, 0.2) is 331 Å². The van der Waals surface area contributed by atoms with E-state index >= 15 is 0 Å². The zero-order valence-electron chi connectivity index (χ0n) is 83.2. The van der Waals surface area contributed by atoms with Gasteiger partial charge in [-0.3, -0.25) is 14.5 Å². The van der Waals surface area contributed by atoms with Crippen molar-refractivity contribution in [3.8, 4) is 0 Å². The highest BCUT2D eigenvalue weighted by atomic mass is 35.5. The molecule has 17 rings (SSSR count). The Bertz CT molecular complexity index is 5300. The van der Waals surface area contributed by atoms with Crippen molar-refractivity contribution in [3.05, 3.63) is 404 Å². The van der Waals surface area contributed by atoms with Crippen LogP contribution in [-0.4, -0.2) is 227 Å². The van der Waals surface area contributed by atoms with Gasteiger partial charge in [0.1, 0.15) is 36.4 Å². The van der Waals surface area contributed by atoms with Crippen molar-refractivity contribution < 1.29 is 45.9 Å². The van der Waals surface area contributed by atoms with Gasteiger partial charge in [0, 0.05) is 58.5 Å². The van der Waals surface area contributed by atoms with Crippen LogP contribution in [-0.2, 0) is 61.5 Å². The Kier molecular flexibility index (Phi) is 35.1. The van der Waals surface area contributed by atoms with Crippen LogP contribution in [0.4, 0.5) is 11.4 Å². The first-order valence-corrected chi connectivity index (χ1v) is 49.1. The maximum atomic E-state index is 12.4. The Balaban J connectivity index is 0.000000144. The number of likely N-dealkylation sites (tertiary alicyclic amines) is 2. The summed E-state index contributed by atoms with van der Waals surface area (Å²) in [6.45, 7) is 19.8. The topological polar surface area (TPSA) is 73.8 Å². The van der Waals surface area contributed by atoms with E-state index in [1.165, 1.54) is 119 Å². The number of piperidine rings is 2. The standard InChI is InChI=1S/C23H26ClN2O.C22H26N.2C19H26NO.C18H25N2O.C17H21N2S/c1-3-21(27)26(2)13-10-16(11-14-26)22-20-9-8-19(24)15-18(20)7-6-17-5-4-12-25-23(17)22;1-23(2)15-13-19(14-16-23)22-20-9-5-3-7-17(20)11-12-18-8-4-6-10-21(18)22;2*1-19(17-11-7-5-8-12-17,18-13-9-6-10-14-18)21-16-15-20(2,3)4;1-18(16-10-6-5-7-11-16,17-12-8-9-13-19-17)21-15-14-20(2,3)4;1-19(2,3)13-12-18-14-8-4-6-10-16(14)20-17-11-7-5-9-15(17)18/h4-5,8-9,12,15H,3,6-7,10-11,13-14H2,1-2H3;3-10H,11-16H2,1-2H3;2*5-14H,15-16H2,1-4H3;5-13H,14-15H2,1-4H3;4-11H,12-13H2,1-3H3/q6*+1. The largest absolute Gasteiger partial charge is 0.360 e. The van der Waals surface area contributed by atoms with Gasteiger partial charge in [-0.15, -0.1) is 0 Å². The first kappa shape index (κ1) is 102. The fourth-order valence-corrected chi connectivity index (χ4v) is 19.3. The number of likely N-dealkylation sites (N-methyl/N-ethyl adjacent to an activating group) is 4. The van der Waals surface area contributed by atoms with E-state index < -0.39 is 16.8 Å². The minimum Gasteiger partial charge on any atom is -0.360 e. The molecule has 2 fully saturated rings. The highest BCUT2D eigenvalue weighted by Crippen LogP contribution is 2.49. The van der Waals surface area contributed by atoms with E-state index in [0.717, 1.165) is 142 Å². The molecule has 0 N–H and O–H groups in total. The summed E-state index contributed by atoms with van der Waals surface area (Å²) in [7, 11) is 33.2. The molecule has 10 aromatic carbocycles. The van der Waals surface area contributed by atoms with Crippen LogP contribution in [0.25, 0.3) is 11.1 Å². The van der Waals surface area contributed by atoms with E-state index in [0.29, 0.717) is 23.4 Å². The van der Waals surface area contributed by atoms with Gasteiger partial charge in [0.2, 0.25) is 0 Å². The number of benzene rings is 10. The number of quaternary nitrogens is 6. The van der Waals surface area contributed by atoms with E-state index in [2.05, 4.69) is 361 Å². The molecule has 12 aromatic rings. The van der Waals surface area contributed by atoms with Gasteiger partial charge in [-0.05, 0) is 179 Å². The summed E-state index contributed by atoms with van der Waals surface area (Å²) >= 11 is 8.16. The number of nitrogens with zero attached hydrogens (tertiary/aromatic N) is 9. The second kappa shape index (κ2) is 45.8. The lowest BCUT2D eigenvalue weighted by atomic mass is 9.86. The number of hydrogen-bond donors (Lipinski definition) is 0. The summed E-state index contributed by atoms with van der Waals surface area (Å²) in [6.07, 6.45) is 12.9. The van der Waals surface area contributed by atoms with Crippen molar-refractivity contribution in [2.24, 2.45) is 0 Å². The third kappa shape index (κ3) is 28.0. The average Bonchev–Trinajstić information content (AvgIpc) is 1.10. The Morgan fingerprint density at radius 1 is 0.376 bits per heavy atom. The number of halogens is 1. The molecule has 0 radical (unpaired) electrons. The fraction of sp³-hybridized carbons (Fsp3) is 0.364. The molecule has 2 aromatic heterocycles. The van der Waals surface area contributed by atoms with E-state index in [1.54, 1.807) is 11.1 Å². The van der Waals surface area contributed by atoms with Crippen LogP contribution in [0.5, 0.6) is 0 Å². The van der Waals surface area contributed by atoms with Crippen LogP contribution >= 0.6 is 23.4 Å². The molecule has 15 heteroatoms. The summed E-state index contributed by atoms with van der Waals surface area (Å²) in [5, 5.41) is 0.790. The molecule has 2 saturated heterocycles. The van der Waals surface area contributed by atoms with Crippen LogP contribution in [0, 0.1) is 0 Å². The number of aryl methyl sites for hydroxylation is 4. The number of ether oxygens (including phenoxy) is 3. The molecule has 1 unspecified atom stereocenters. The van der Waals surface area contributed by atoms with Crippen LogP contribution < -0.4 is 4.90 Å². The zero-order valence-corrected chi connectivity index (χ0v) is 84.8. The van der Waals surface area contributed by atoms with Crippen molar-refractivity contribution in [3.63, 3.8) is 0 Å². The summed E-state index contributed by atoms with van der Waals surface area (Å²) < 4.78 is 24.4. The Morgan fingerprint density at radius 3 is 1.16 bits per heavy atom. The number of para-hydroxylation sites is 2. The first-order chi connectivity index (χ1) is 63.5. The van der Waals surface area contributed by atoms with E-state index in [-0.39, 0.29) is 0 Å². The van der Waals surface area contributed by atoms with Crippen molar-refractivity contribution in [1.82, 2.24) is 9.97 Å². The lowest BCUT2D eigenvalue weighted by Gasteiger charge is -2.36. The maximum Gasteiger partial charge on any atom is 0.313 e. The lowest BCUT2D eigenvalue weighted by molar-refractivity contribution is -0.892. The van der Waals surface area contributed by atoms with Gasteiger partial charge in [0.15, 0.2) is 0 Å². The number of pyridine rings is 2. The molecule has 2 aliphatic carbocycles. The van der Waals surface area contributed by atoms with Crippen molar-refractivity contribution in [2.75, 3.05) is 189 Å². The molecule has 0 spiro atoms. The third-order valence-electron chi connectivity index (χ3n) is 26.6. The molecular formula is C118H150ClN9O4S+6. The third-order valence-corrected chi connectivity index (χ3v) is 28.0. The summed E-state index contributed by atoms with van der Waals surface area (Å²) in [6, 6.07) is 104. The monoisotopic (exact) mass is 1820 g/mol. The van der Waals surface area contributed by atoms with E-state index in [4.69, 9.17) is 30.8 Å². The van der Waals surface area contributed by atoms with E-state index in [9.17, 15) is 4.79 Å². The van der Waals surface area contributed by atoms with Crippen LogP contribution in [0.3, 0.4) is 0 Å². The number of amides is 1. The van der Waals surface area contributed by atoms with Gasteiger partial charge < -0.3 is 41.5 Å². The van der Waals surface area contributed by atoms with Gasteiger partial charge in [0.25, 0.3) is 0 Å². The number of anilines is 2. The number of fused-ring (bicyclic) bond motifs is 6. The lowest BCUT2D eigenvalue weighted by Crippen LogP contribution is -2.52. The Hall–Kier alpha value is -10.3. The van der Waals surface area contributed by atoms with E-state index in [1.807, 2.05) is 104 Å². The number of aromatic nitrogens is 2. The summed E-state index contributed by atoms with van der Waals surface area (Å²) in [5.74, 6) is 0.339. The highest BCUT2D eigenvalue weighted by Gasteiger charge is 2.38. The van der Waals surface area contributed by atoms with Gasteiger partial charge in [-0.1, -0.05) is 279 Å². The van der Waals surface area contributed by atoms with Crippen molar-refractivity contribution in [2.45, 2.75) is 112 Å². The van der Waals surface area contributed by atoms with Crippen molar-refractivity contribution in [1.29, 1.82) is 0 Å². The molecule has 1 atom stereocenters. The normalized spacial score (nSPS) is 16.2. The number of carbonyl (C=O) groups is 1. The highest BCUT2D eigenvalue weighted by molar-refractivity contribution is 7.99. The Morgan fingerprint density at radius 2 is 0.729 bits per heavy atom. The average molecular weight is 1830 g/mol. The number of hydrogen-bond acceptors (Lipinski definition) is 8. The molecule has 13 nitrogen and oxygen atoms in total. The molecule has 0 bridgehead atoms. The molecule has 3 aliphatic heterocycles. The van der Waals surface area contributed by atoms with Gasteiger partial charge in [0.05, 0.1) is 194 Å². The SMILES string of the molecule is CC(OCC[N+](C)(C)C)(c1ccccc1)c1ccccc1.CC(OCC[N+](C)(C)C)(c1ccccc1)c1ccccc1.CC(OCC[N+](C)(C)C)(c1ccccc1)c1ccccn1.CCC(=O)[N+]1(C)CCC(=C2c3ccc(Cl)cc3CCc3cccnc32)CC1.C[N+](C)(C)CCN1c2ccccc2Sc2ccccc21.C[N+]1(C)CCC(=C2c3ccccc3CCc3ccccc32)CC1. The Labute approximate surface area is 807 Å². The van der Waals surface area contributed by atoms with Gasteiger partial charge >= 0.3 is 5.91 Å². The van der Waals surface area contributed by atoms with Crippen LogP contribution in [0.2, 0.25) is 5.02 Å². The predicted molar refractivity (Wildman–Crippen MR) is 556 cm³/mol. The minimum atomic E-state index is -0.516. The maximum absolute atomic E-state index is 12.4. The molecule has 133 heavy (non-hydrogen) atoms. The molecule has 5 aliphatic rings. The summed E-state index contributed by atoms with van der Waals surface area (Å²) in [5.41, 5.74) is 25.1. The number of rotatable bonds is 22. The molecular weight excluding hydrogens is 1670 g/mol. The minimum absolute atomic E-state index is 0.339. The van der Waals surface area contributed by atoms with Gasteiger partial charge in [-0.25, -0.2) is 4.79 Å². The molecule has 5 heterocycles. The molecule has 0 saturated carbocycles. The summed E-state index contributed by atoms with van der Waals surface area (Å²) in [4.78, 5) is 26.9. The molecule has 1 amide bonds. The number of carbonyl (C=O) groups excluding carboxylic acids is 1. The van der Waals surface area contributed by atoms with Gasteiger partial charge in [-0.2, -0.15) is 0 Å². The second-order valence-corrected chi connectivity index (χ2v) is 43.0. The van der Waals surface area contributed by atoms with Crippen molar-refractivity contribution >= 4 is 51.8 Å². The smallest absolute Gasteiger partial charge is 0.313 e. The predicted octanol–water partition coefficient (Wildman–Crippen LogP) is 23.7. The quantitative estimate of drug-likeness (QED) is 0.0622. The van der Waals surface area contributed by atoms with Crippen LogP contribution in [0.1, 0.15) is 138 Å². The fourth-order valence-electron chi connectivity index (χ4n) is 18.0. The first-order valence-electron chi connectivity index (χ1n) is 48.0. The second-order valence-electron chi connectivity index (χ2n) is 41.5.